The normalized spacial score (nSPS) is 27.0. The molecular weight excluding hydrogens is 212 g/mol. The lowest BCUT2D eigenvalue weighted by molar-refractivity contribution is 0.342. The number of nitrogens with two attached hydrogens (primary N) is 2. The van der Waals surface area contributed by atoms with Crippen LogP contribution in [0, 0.1) is 5.92 Å². The fourth-order valence-corrected chi connectivity index (χ4v) is 2.74. The molecule has 17 heavy (non-hydrogen) atoms. The molecule has 1 fully saturated rings. The Bertz CT molecular complexity index is 339. The topological polar surface area (TPSA) is 80.7 Å². The molecule has 2 rings (SSSR count). The van der Waals surface area contributed by atoms with Crippen molar-refractivity contribution in [3.8, 4) is 0 Å². The fourth-order valence-electron chi connectivity index (χ4n) is 2.74. The minimum Gasteiger partial charge on any atom is -0.329 e. The fraction of sp³-hybridized carbons (Fsp3) is 0.769. The van der Waals surface area contributed by atoms with Crippen molar-refractivity contribution in [2.45, 2.75) is 51.0 Å². The minimum atomic E-state index is 0.0499. The van der Waals surface area contributed by atoms with Crippen LogP contribution in [0.3, 0.4) is 0 Å². The van der Waals surface area contributed by atoms with E-state index >= 15 is 0 Å². The number of nitrogens with zero attached hydrogens (tertiary/aromatic N) is 1. The monoisotopic (exact) mass is 236 g/mol. The van der Waals surface area contributed by atoms with Gasteiger partial charge in [0.1, 0.15) is 0 Å². The maximum Gasteiger partial charge on any atom is 0.0685 e. The summed E-state index contributed by atoms with van der Waals surface area (Å²) in [6.07, 6.45) is 7.99. The zero-order valence-corrected chi connectivity index (χ0v) is 10.7. The molecule has 0 saturated heterocycles. The second kappa shape index (κ2) is 5.65. The molecule has 1 atom stereocenters. The Balaban J connectivity index is 2.03. The third-order valence-corrected chi connectivity index (χ3v) is 3.94. The van der Waals surface area contributed by atoms with E-state index in [-0.39, 0.29) is 6.04 Å². The average Bonchev–Trinajstić information content (AvgIpc) is 2.78. The van der Waals surface area contributed by atoms with E-state index in [0.717, 1.165) is 12.3 Å². The summed E-state index contributed by atoms with van der Waals surface area (Å²) in [6.45, 7) is 2.87. The molecule has 0 bridgehead atoms. The van der Waals surface area contributed by atoms with Crippen molar-refractivity contribution in [3.63, 3.8) is 0 Å². The molecule has 4 nitrogen and oxygen atoms in total. The first-order valence-electron chi connectivity index (χ1n) is 6.69. The molecule has 0 radical (unpaired) electrons. The zero-order chi connectivity index (χ0) is 12.3. The maximum atomic E-state index is 5.92. The van der Waals surface area contributed by atoms with Crippen LogP contribution in [-0.2, 0) is 6.42 Å². The second-order valence-corrected chi connectivity index (χ2v) is 5.45. The maximum absolute atomic E-state index is 5.92. The summed E-state index contributed by atoms with van der Waals surface area (Å²) in [5, 5.41) is 7.42. The summed E-state index contributed by atoms with van der Waals surface area (Å²) in [6, 6.07) is 0.0499. The van der Waals surface area contributed by atoms with E-state index in [0.29, 0.717) is 12.5 Å². The van der Waals surface area contributed by atoms with Gasteiger partial charge < -0.3 is 11.5 Å². The summed E-state index contributed by atoms with van der Waals surface area (Å²) in [4.78, 5) is 0. The Kier molecular flexibility index (Phi) is 4.18. The SMILES string of the molecule is CC1CCC(c2n[nH]cc2CC(N)CN)CC1. The molecule has 1 aromatic heterocycles. The predicted molar refractivity (Wildman–Crippen MR) is 69.7 cm³/mol. The van der Waals surface area contributed by atoms with Crippen molar-refractivity contribution >= 4 is 0 Å². The smallest absolute Gasteiger partial charge is 0.0685 e. The van der Waals surface area contributed by atoms with E-state index in [1.54, 1.807) is 0 Å². The van der Waals surface area contributed by atoms with Gasteiger partial charge >= 0.3 is 0 Å². The molecule has 1 aliphatic rings. The number of hydrogen-bond acceptors (Lipinski definition) is 3. The summed E-state index contributed by atoms with van der Waals surface area (Å²) in [7, 11) is 0. The molecule has 5 N–H and O–H groups in total. The highest BCUT2D eigenvalue weighted by atomic mass is 15.1. The number of hydrogen-bond donors (Lipinski definition) is 3. The molecule has 1 aliphatic carbocycles. The van der Waals surface area contributed by atoms with E-state index in [1.165, 1.54) is 36.9 Å². The van der Waals surface area contributed by atoms with Gasteiger partial charge in [-0.1, -0.05) is 19.8 Å². The van der Waals surface area contributed by atoms with Gasteiger partial charge in [0.25, 0.3) is 0 Å². The van der Waals surface area contributed by atoms with Crippen LogP contribution < -0.4 is 11.5 Å². The molecule has 1 unspecified atom stereocenters. The highest BCUT2D eigenvalue weighted by Gasteiger charge is 2.24. The van der Waals surface area contributed by atoms with Gasteiger partial charge in [-0.05, 0) is 30.7 Å². The lowest BCUT2D eigenvalue weighted by Crippen LogP contribution is -2.32. The zero-order valence-electron chi connectivity index (χ0n) is 10.7. The van der Waals surface area contributed by atoms with Crippen LogP contribution in [0.4, 0.5) is 0 Å². The molecular formula is C13H24N4. The van der Waals surface area contributed by atoms with Crippen molar-refractivity contribution in [3.05, 3.63) is 17.5 Å². The van der Waals surface area contributed by atoms with Gasteiger partial charge in [-0.3, -0.25) is 5.10 Å². The molecule has 1 saturated carbocycles. The largest absolute Gasteiger partial charge is 0.329 e. The number of aromatic nitrogens is 2. The quantitative estimate of drug-likeness (QED) is 0.741. The van der Waals surface area contributed by atoms with Crippen molar-refractivity contribution in [2.24, 2.45) is 17.4 Å². The van der Waals surface area contributed by atoms with Crippen LogP contribution in [0.5, 0.6) is 0 Å². The summed E-state index contributed by atoms with van der Waals surface area (Å²) in [5.41, 5.74) is 14.0. The van der Waals surface area contributed by atoms with Gasteiger partial charge in [-0.15, -0.1) is 0 Å². The molecule has 0 aliphatic heterocycles. The Morgan fingerprint density at radius 1 is 1.41 bits per heavy atom. The van der Waals surface area contributed by atoms with E-state index in [2.05, 4.69) is 17.1 Å². The van der Waals surface area contributed by atoms with Gasteiger partial charge in [0.2, 0.25) is 0 Å². The molecule has 1 aromatic rings. The first kappa shape index (κ1) is 12.6. The number of H-pyrrole nitrogens is 1. The molecule has 0 aromatic carbocycles. The summed E-state index contributed by atoms with van der Waals surface area (Å²) in [5.74, 6) is 1.50. The van der Waals surface area contributed by atoms with Crippen molar-refractivity contribution < 1.29 is 0 Å². The molecule has 96 valence electrons. The van der Waals surface area contributed by atoms with Gasteiger partial charge in [-0.2, -0.15) is 5.10 Å². The average molecular weight is 236 g/mol. The van der Waals surface area contributed by atoms with Crippen LogP contribution in [0.2, 0.25) is 0 Å². The Morgan fingerprint density at radius 3 is 2.76 bits per heavy atom. The van der Waals surface area contributed by atoms with Crippen LogP contribution in [0.15, 0.2) is 6.20 Å². The number of rotatable bonds is 4. The highest BCUT2D eigenvalue weighted by molar-refractivity contribution is 5.22. The van der Waals surface area contributed by atoms with Gasteiger partial charge in [0.05, 0.1) is 5.69 Å². The van der Waals surface area contributed by atoms with Crippen LogP contribution in [-0.4, -0.2) is 22.8 Å². The van der Waals surface area contributed by atoms with E-state index in [9.17, 15) is 0 Å². The van der Waals surface area contributed by atoms with Gasteiger partial charge in [0.15, 0.2) is 0 Å². The van der Waals surface area contributed by atoms with Crippen LogP contribution in [0.25, 0.3) is 0 Å². The summed E-state index contributed by atoms with van der Waals surface area (Å²) >= 11 is 0. The first-order valence-corrected chi connectivity index (χ1v) is 6.69. The van der Waals surface area contributed by atoms with Gasteiger partial charge in [0, 0.05) is 24.7 Å². The Morgan fingerprint density at radius 2 is 2.12 bits per heavy atom. The number of nitrogens with one attached hydrogen (secondary N) is 1. The van der Waals surface area contributed by atoms with Crippen molar-refractivity contribution in [2.75, 3.05) is 6.54 Å². The first-order chi connectivity index (χ1) is 8.20. The molecule has 0 spiro atoms. The lowest BCUT2D eigenvalue weighted by atomic mass is 9.80. The summed E-state index contributed by atoms with van der Waals surface area (Å²) < 4.78 is 0. The Labute approximate surface area is 103 Å². The van der Waals surface area contributed by atoms with Crippen molar-refractivity contribution in [1.29, 1.82) is 0 Å². The molecule has 0 amide bonds. The minimum absolute atomic E-state index is 0.0499. The standard InChI is InChI=1S/C13H24N4/c1-9-2-4-10(5-3-9)13-11(8-16-17-13)6-12(15)7-14/h8-10,12H,2-7,14-15H2,1H3,(H,16,17). The van der Waals surface area contributed by atoms with Crippen LogP contribution >= 0.6 is 0 Å². The molecule has 1 heterocycles. The van der Waals surface area contributed by atoms with Gasteiger partial charge in [-0.25, -0.2) is 0 Å². The third-order valence-electron chi connectivity index (χ3n) is 3.94. The van der Waals surface area contributed by atoms with E-state index in [1.807, 2.05) is 6.20 Å². The Hall–Kier alpha value is -0.870. The number of aromatic amines is 1. The van der Waals surface area contributed by atoms with Crippen molar-refractivity contribution in [1.82, 2.24) is 10.2 Å². The van der Waals surface area contributed by atoms with E-state index in [4.69, 9.17) is 11.5 Å². The predicted octanol–water partition coefficient (Wildman–Crippen LogP) is 1.53. The lowest BCUT2D eigenvalue weighted by Gasteiger charge is -2.25. The third kappa shape index (κ3) is 3.07. The molecule has 4 heteroatoms. The van der Waals surface area contributed by atoms with Crippen LogP contribution in [0.1, 0.15) is 49.8 Å². The van der Waals surface area contributed by atoms with E-state index < -0.39 is 0 Å². The highest BCUT2D eigenvalue weighted by Crippen LogP contribution is 2.35. The second-order valence-electron chi connectivity index (χ2n) is 5.45.